The average molecular weight is 376 g/mol. The summed E-state index contributed by atoms with van der Waals surface area (Å²) in [4.78, 5) is 14.5. The maximum absolute atomic E-state index is 12.9. The number of hydrogen-bond acceptors (Lipinski definition) is 6. The van der Waals surface area contributed by atoms with Crippen LogP contribution in [-0.4, -0.2) is 42.3 Å². The molecular weight excluding hydrogens is 356 g/mol. The van der Waals surface area contributed by atoms with Gasteiger partial charge in [-0.2, -0.15) is 4.31 Å². The van der Waals surface area contributed by atoms with Gasteiger partial charge in [-0.15, -0.1) is 0 Å². The lowest BCUT2D eigenvalue weighted by atomic mass is 10.2. The summed E-state index contributed by atoms with van der Waals surface area (Å²) in [5, 5.41) is 14.2. The van der Waals surface area contributed by atoms with Crippen LogP contribution >= 0.6 is 0 Å². The van der Waals surface area contributed by atoms with Crippen molar-refractivity contribution in [3.8, 4) is 0 Å². The van der Waals surface area contributed by atoms with E-state index in [9.17, 15) is 18.5 Å². The Bertz CT molecular complexity index is 881. The minimum Gasteiger partial charge on any atom is -0.384 e. The molecule has 1 N–H and O–H groups in total. The van der Waals surface area contributed by atoms with Gasteiger partial charge in [-0.25, -0.2) is 8.42 Å². The first-order chi connectivity index (χ1) is 12.5. The zero-order valence-corrected chi connectivity index (χ0v) is 15.0. The van der Waals surface area contributed by atoms with Crippen LogP contribution in [0.4, 0.5) is 11.4 Å². The molecule has 0 aliphatic carbocycles. The van der Waals surface area contributed by atoms with E-state index in [1.165, 1.54) is 16.4 Å². The first-order valence-corrected chi connectivity index (χ1v) is 9.84. The van der Waals surface area contributed by atoms with Crippen LogP contribution in [0.3, 0.4) is 0 Å². The van der Waals surface area contributed by atoms with Gasteiger partial charge in [0.15, 0.2) is 0 Å². The number of rotatable bonds is 7. The fourth-order valence-corrected chi connectivity index (χ4v) is 4.64. The van der Waals surface area contributed by atoms with Crippen molar-refractivity contribution in [2.24, 2.45) is 0 Å². The number of nitro benzene ring substituents is 1. The van der Waals surface area contributed by atoms with Crippen molar-refractivity contribution in [2.45, 2.75) is 24.2 Å². The largest absolute Gasteiger partial charge is 0.384 e. The Labute approximate surface area is 152 Å². The predicted molar refractivity (Wildman–Crippen MR) is 97.5 cm³/mol. The van der Waals surface area contributed by atoms with Gasteiger partial charge in [0.05, 0.1) is 10.6 Å². The van der Waals surface area contributed by atoms with Gasteiger partial charge < -0.3 is 5.32 Å². The van der Waals surface area contributed by atoms with E-state index in [1.807, 2.05) is 12.1 Å². The third kappa shape index (κ3) is 4.00. The van der Waals surface area contributed by atoms with E-state index in [1.54, 1.807) is 12.4 Å². The van der Waals surface area contributed by atoms with Crippen LogP contribution in [0, 0.1) is 10.1 Å². The number of benzene rings is 1. The van der Waals surface area contributed by atoms with E-state index in [4.69, 9.17) is 0 Å². The first kappa shape index (κ1) is 18.3. The van der Waals surface area contributed by atoms with Crippen LogP contribution in [0.25, 0.3) is 0 Å². The Hall–Kier alpha value is -2.52. The van der Waals surface area contributed by atoms with Crippen molar-refractivity contribution < 1.29 is 13.3 Å². The summed E-state index contributed by atoms with van der Waals surface area (Å²) in [6, 6.07) is 7.69. The molecule has 138 valence electrons. The van der Waals surface area contributed by atoms with Crippen LogP contribution in [-0.2, 0) is 16.4 Å². The molecule has 26 heavy (non-hydrogen) atoms. The molecule has 1 aliphatic rings. The van der Waals surface area contributed by atoms with Gasteiger partial charge in [0.25, 0.3) is 5.69 Å². The van der Waals surface area contributed by atoms with Gasteiger partial charge in [-0.3, -0.25) is 15.1 Å². The maximum Gasteiger partial charge on any atom is 0.270 e. The summed E-state index contributed by atoms with van der Waals surface area (Å²) in [6.45, 7) is 1.38. The SMILES string of the molecule is O=[N+]([O-])c1ccc(NCCc2cccnc2)c(S(=O)(=O)N2CCCC2)c1. The second-order valence-electron chi connectivity index (χ2n) is 6.09. The molecule has 1 saturated heterocycles. The molecule has 9 heteroatoms. The minimum atomic E-state index is -3.77. The molecule has 1 aromatic heterocycles. The Kier molecular flexibility index (Phi) is 5.48. The van der Waals surface area contributed by atoms with Crippen molar-refractivity contribution in [2.75, 3.05) is 25.0 Å². The number of nitro groups is 1. The number of pyridine rings is 1. The number of non-ortho nitro benzene ring substituents is 1. The number of nitrogens with zero attached hydrogens (tertiary/aromatic N) is 3. The molecule has 0 spiro atoms. The zero-order chi connectivity index (χ0) is 18.6. The molecule has 0 unspecified atom stereocenters. The quantitative estimate of drug-likeness (QED) is 0.588. The van der Waals surface area contributed by atoms with Gasteiger partial charge >= 0.3 is 0 Å². The fourth-order valence-electron chi connectivity index (χ4n) is 2.94. The van der Waals surface area contributed by atoms with E-state index in [0.717, 1.165) is 24.5 Å². The Morgan fingerprint density at radius 1 is 1.23 bits per heavy atom. The van der Waals surface area contributed by atoms with E-state index < -0.39 is 14.9 Å². The second kappa shape index (κ2) is 7.79. The Morgan fingerprint density at radius 2 is 2.00 bits per heavy atom. The van der Waals surface area contributed by atoms with E-state index in [2.05, 4.69) is 10.3 Å². The van der Waals surface area contributed by atoms with Crippen LogP contribution in [0.1, 0.15) is 18.4 Å². The minimum absolute atomic E-state index is 0.0419. The lowest BCUT2D eigenvalue weighted by Gasteiger charge is -2.18. The smallest absolute Gasteiger partial charge is 0.270 e. The third-order valence-corrected chi connectivity index (χ3v) is 6.25. The summed E-state index contributed by atoms with van der Waals surface area (Å²) in [5.74, 6) is 0. The second-order valence-corrected chi connectivity index (χ2v) is 7.99. The molecule has 3 rings (SSSR count). The molecule has 1 aromatic carbocycles. The standard InChI is InChI=1S/C17H20N4O4S/c22-21(23)15-5-6-16(19-9-7-14-4-3-8-18-13-14)17(12-15)26(24,25)20-10-1-2-11-20/h3-6,8,12-13,19H,1-2,7,9-11H2. The third-order valence-electron chi connectivity index (χ3n) is 4.31. The summed E-state index contributed by atoms with van der Waals surface area (Å²) < 4.78 is 27.2. The number of sulfonamides is 1. The summed E-state index contributed by atoms with van der Waals surface area (Å²) in [6.07, 6.45) is 5.71. The van der Waals surface area contributed by atoms with Crippen LogP contribution in [0.15, 0.2) is 47.6 Å². The highest BCUT2D eigenvalue weighted by molar-refractivity contribution is 7.89. The maximum atomic E-state index is 12.9. The monoisotopic (exact) mass is 376 g/mol. The van der Waals surface area contributed by atoms with E-state index in [0.29, 0.717) is 31.7 Å². The zero-order valence-electron chi connectivity index (χ0n) is 14.2. The predicted octanol–water partition coefficient (Wildman–Crippen LogP) is 2.43. The van der Waals surface area contributed by atoms with Crippen molar-refractivity contribution >= 4 is 21.4 Å². The van der Waals surface area contributed by atoms with Gasteiger partial charge in [-0.1, -0.05) is 6.07 Å². The van der Waals surface area contributed by atoms with E-state index in [-0.39, 0.29) is 10.6 Å². The Balaban J connectivity index is 1.85. The van der Waals surface area contributed by atoms with Gasteiger partial charge in [0.1, 0.15) is 4.90 Å². The van der Waals surface area contributed by atoms with Crippen LogP contribution in [0.2, 0.25) is 0 Å². The topological polar surface area (TPSA) is 105 Å². The lowest BCUT2D eigenvalue weighted by Crippen LogP contribution is -2.28. The highest BCUT2D eigenvalue weighted by Gasteiger charge is 2.30. The molecule has 0 saturated carbocycles. The van der Waals surface area contributed by atoms with Crippen LogP contribution < -0.4 is 5.32 Å². The molecule has 2 heterocycles. The molecule has 0 bridgehead atoms. The van der Waals surface area contributed by atoms with Gasteiger partial charge in [0, 0.05) is 44.2 Å². The number of aromatic nitrogens is 1. The average Bonchev–Trinajstić information content (AvgIpc) is 3.18. The highest BCUT2D eigenvalue weighted by Crippen LogP contribution is 2.30. The fraction of sp³-hybridized carbons (Fsp3) is 0.353. The van der Waals surface area contributed by atoms with E-state index >= 15 is 0 Å². The lowest BCUT2D eigenvalue weighted by molar-refractivity contribution is -0.385. The molecule has 1 aliphatic heterocycles. The summed E-state index contributed by atoms with van der Waals surface area (Å²) in [7, 11) is -3.77. The van der Waals surface area contributed by atoms with Crippen molar-refractivity contribution in [3.05, 3.63) is 58.4 Å². The van der Waals surface area contributed by atoms with Crippen LogP contribution in [0.5, 0.6) is 0 Å². The number of nitrogens with one attached hydrogen (secondary N) is 1. The number of anilines is 1. The molecular formula is C17H20N4O4S. The number of hydrogen-bond donors (Lipinski definition) is 1. The summed E-state index contributed by atoms with van der Waals surface area (Å²) in [5.41, 5.74) is 1.16. The summed E-state index contributed by atoms with van der Waals surface area (Å²) >= 11 is 0. The molecule has 1 fully saturated rings. The molecule has 8 nitrogen and oxygen atoms in total. The van der Waals surface area contributed by atoms with Gasteiger partial charge in [-0.05, 0) is 37.0 Å². The first-order valence-electron chi connectivity index (χ1n) is 8.40. The molecule has 0 radical (unpaired) electrons. The van der Waals surface area contributed by atoms with Crippen molar-refractivity contribution in [1.29, 1.82) is 0 Å². The molecule has 0 atom stereocenters. The normalized spacial score (nSPS) is 15.1. The highest BCUT2D eigenvalue weighted by atomic mass is 32.2. The molecule has 2 aromatic rings. The molecule has 0 amide bonds. The van der Waals surface area contributed by atoms with Crippen molar-refractivity contribution in [3.63, 3.8) is 0 Å². The van der Waals surface area contributed by atoms with Crippen molar-refractivity contribution in [1.82, 2.24) is 9.29 Å². The Morgan fingerprint density at radius 3 is 2.65 bits per heavy atom. The van der Waals surface area contributed by atoms with Gasteiger partial charge in [0.2, 0.25) is 10.0 Å².